The third kappa shape index (κ3) is 6.80. The topological polar surface area (TPSA) is 331 Å². The number of aromatic hydroxyl groups is 6. The van der Waals surface area contributed by atoms with Crippen LogP contribution in [0, 0.1) is 50.2 Å². The van der Waals surface area contributed by atoms with Crippen LogP contribution in [-0.4, -0.2) is 142 Å². The predicted molar refractivity (Wildman–Crippen MR) is 237 cm³/mol. The number of carbonyl (C=O) groups is 3. The Morgan fingerprint density at radius 2 is 1.35 bits per heavy atom. The number of esters is 3. The van der Waals surface area contributed by atoms with E-state index >= 15 is 0 Å². The fourth-order valence-corrected chi connectivity index (χ4v) is 14.9. The summed E-state index contributed by atoms with van der Waals surface area (Å²) in [6.07, 6.45) is -4.82. The minimum atomic E-state index is -1.77. The Morgan fingerprint density at radius 1 is 0.739 bits per heavy atom. The molecule has 378 valence electrons. The van der Waals surface area contributed by atoms with Crippen LogP contribution in [0.2, 0.25) is 0 Å². The molecule has 5 fully saturated rings. The fraction of sp³-hybridized carbons (Fsp3) is 0.660. The third-order valence-corrected chi connectivity index (χ3v) is 18.8. The first kappa shape index (κ1) is 49.1. The van der Waals surface area contributed by atoms with Gasteiger partial charge in [-0.1, -0.05) is 46.3 Å². The number of hydrogen-bond acceptors (Lipinski definition) is 19. The summed E-state index contributed by atoms with van der Waals surface area (Å²) in [5, 5.41) is 130. The lowest BCUT2D eigenvalue weighted by atomic mass is 9.33. The molecular formula is C50H64O19. The van der Waals surface area contributed by atoms with Crippen LogP contribution in [0.5, 0.6) is 34.5 Å². The highest BCUT2D eigenvalue weighted by atomic mass is 16.7. The first-order valence-electron chi connectivity index (χ1n) is 23.7. The number of allylic oxidation sites excluding steroid dienone is 2. The monoisotopic (exact) mass is 968 g/mol. The molecule has 2 heterocycles. The van der Waals surface area contributed by atoms with Crippen molar-refractivity contribution in [1.82, 2.24) is 0 Å². The minimum absolute atomic E-state index is 0.0400. The summed E-state index contributed by atoms with van der Waals surface area (Å²) in [7, 11) is 0. The Labute approximate surface area is 397 Å². The largest absolute Gasteiger partial charge is 0.504 e. The molecule has 12 N–H and O–H groups in total. The van der Waals surface area contributed by atoms with Gasteiger partial charge in [-0.3, -0.25) is 4.79 Å². The average Bonchev–Trinajstić information content (AvgIpc) is 3.31. The summed E-state index contributed by atoms with van der Waals surface area (Å²) in [6, 6.07) is 1.44. The first-order chi connectivity index (χ1) is 32.3. The van der Waals surface area contributed by atoms with Gasteiger partial charge in [-0.2, -0.15) is 0 Å². The van der Waals surface area contributed by atoms with Crippen molar-refractivity contribution < 1.29 is 94.6 Å². The minimum Gasteiger partial charge on any atom is -0.504 e. The van der Waals surface area contributed by atoms with Crippen LogP contribution < -0.4 is 0 Å². The molecule has 7 aliphatic rings. The van der Waals surface area contributed by atoms with E-state index in [1.54, 1.807) is 0 Å². The van der Waals surface area contributed by atoms with Crippen molar-refractivity contribution in [1.29, 1.82) is 0 Å². The lowest BCUT2D eigenvalue weighted by Crippen LogP contribution is -2.70. The SMILES string of the molecule is CC1(C)CC[C@]2(C(=O)O[C@@H]3O[C@H](CO)[C@@H](O)[C@H](O)[C@H]3O)CC[C@]3(C)C(=CC[C@@H]4[C@@]5(C)C[C@@H](O)[C@@H]6OC(=O)c7cc(O)c(O)c(O)c7-c7c(cc(O)c(O)c7O)C(=O)OC[C@@]6(CO)[C@@H]5CC[C@]43C)[C@@H]2C1. The lowest BCUT2D eigenvalue weighted by molar-refractivity contribution is -0.297. The number of aliphatic hydroxyl groups excluding tert-OH is 6. The van der Waals surface area contributed by atoms with Crippen LogP contribution in [-0.2, 0) is 23.7 Å². The van der Waals surface area contributed by atoms with Gasteiger partial charge in [0.15, 0.2) is 23.0 Å². The Hall–Kier alpha value is -4.89. The van der Waals surface area contributed by atoms with Crippen molar-refractivity contribution in [2.75, 3.05) is 19.8 Å². The quantitative estimate of drug-likeness (QED) is 0.0904. The van der Waals surface area contributed by atoms with Gasteiger partial charge in [0, 0.05) is 11.1 Å². The van der Waals surface area contributed by atoms with E-state index in [1.807, 2.05) is 6.92 Å². The van der Waals surface area contributed by atoms with Crippen molar-refractivity contribution in [2.45, 2.75) is 135 Å². The van der Waals surface area contributed by atoms with Gasteiger partial charge in [0.2, 0.25) is 17.8 Å². The van der Waals surface area contributed by atoms with Crippen LogP contribution in [0.15, 0.2) is 23.8 Å². The highest BCUT2D eigenvalue weighted by molar-refractivity contribution is 6.08. The number of phenolic OH excluding ortho intramolecular Hbond substituents is 6. The van der Waals surface area contributed by atoms with Gasteiger partial charge < -0.3 is 80.2 Å². The molecule has 0 amide bonds. The van der Waals surface area contributed by atoms with E-state index in [2.05, 4.69) is 33.8 Å². The number of fused-ring (bicyclic) bond motifs is 12. The summed E-state index contributed by atoms with van der Waals surface area (Å²) < 4.78 is 23.6. The van der Waals surface area contributed by atoms with Gasteiger partial charge in [0.1, 0.15) is 37.1 Å². The van der Waals surface area contributed by atoms with Crippen LogP contribution in [0.3, 0.4) is 0 Å². The average molecular weight is 969 g/mol. The van der Waals surface area contributed by atoms with Gasteiger partial charge in [0.05, 0.1) is 41.3 Å². The smallest absolute Gasteiger partial charge is 0.339 e. The van der Waals surface area contributed by atoms with E-state index in [-0.39, 0.29) is 23.7 Å². The standard InChI is InChI=1S/C50H64O19/c1-45(2)10-12-49(44(65)69-43-39(62)38(61)35(58)28(18-51)67-43)13-11-47(4)23(24(49)16-45)6-7-29-46(3)17-27(55)40-50(19-52,30(46)8-9-48(29,47)5)20-66-41(63)21-14-25(53)33(56)36(59)31(21)32-22(42(64)68-40)15-26(54)34(57)37(32)60/h6,14-15,24,27-30,35,38-40,43,51-62H,7-13,16-20H2,1-5H3/t24-,27+,28+,29+,30+,35+,38-,39+,40-,43-,46+,47+,48+,49-,50-/m0/s1. The molecule has 19 nitrogen and oxygen atoms in total. The summed E-state index contributed by atoms with van der Waals surface area (Å²) in [6.45, 7) is 8.65. The van der Waals surface area contributed by atoms with Crippen molar-refractivity contribution in [3.63, 3.8) is 0 Å². The number of hydrogen-bond donors (Lipinski definition) is 12. The second-order valence-electron chi connectivity index (χ2n) is 22.6. The number of rotatable bonds is 4. The molecule has 0 spiro atoms. The van der Waals surface area contributed by atoms with Crippen LogP contribution in [0.1, 0.15) is 113 Å². The maximum absolute atomic E-state index is 14.7. The van der Waals surface area contributed by atoms with Gasteiger partial charge in [-0.25, -0.2) is 9.59 Å². The molecule has 2 aliphatic heterocycles. The van der Waals surface area contributed by atoms with E-state index in [9.17, 15) is 75.7 Å². The molecule has 4 saturated carbocycles. The van der Waals surface area contributed by atoms with Gasteiger partial charge in [0.25, 0.3) is 0 Å². The zero-order valence-electron chi connectivity index (χ0n) is 39.2. The number of aliphatic hydroxyl groups is 6. The van der Waals surface area contributed by atoms with E-state index < -0.39 is 170 Å². The maximum Gasteiger partial charge on any atom is 0.339 e. The first-order valence-corrected chi connectivity index (χ1v) is 23.7. The number of phenols is 6. The number of carbonyl (C=O) groups excluding carboxylic acids is 3. The normalized spacial score (nSPS) is 41.3. The highest BCUT2D eigenvalue weighted by Gasteiger charge is 2.72. The van der Waals surface area contributed by atoms with E-state index in [0.29, 0.717) is 57.4 Å². The molecule has 69 heavy (non-hydrogen) atoms. The zero-order valence-corrected chi connectivity index (χ0v) is 39.2. The summed E-state index contributed by atoms with van der Waals surface area (Å²) in [5.41, 5.74) is -6.69. The van der Waals surface area contributed by atoms with Crippen molar-refractivity contribution >= 4 is 17.9 Å². The molecule has 0 bridgehead atoms. The Morgan fingerprint density at radius 3 is 1.96 bits per heavy atom. The molecular weight excluding hydrogens is 905 g/mol. The summed E-state index contributed by atoms with van der Waals surface area (Å²) >= 11 is 0. The molecule has 5 aliphatic carbocycles. The molecule has 0 unspecified atom stereocenters. The van der Waals surface area contributed by atoms with Crippen molar-refractivity contribution in [3.05, 3.63) is 34.9 Å². The van der Waals surface area contributed by atoms with Crippen LogP contribution >= 0.6 is 0 Å². The maximum atomic E-state index is 14.7. The molecule has 0 aromatic heterocycles. The van der Waals surface area contributed by atoms with Crippen molar-refractivity contribution in [2.24, 2.45) is 50.2 Å². The van der Waals surface area contributed by atoms with Gasteiger partial charge in [-0.15, -0.1) is 0 Å². The van der Waals surface area contributed by atoms with Crippen molar-refractivity contribution in [3.8, 4) is 45.6 Å². The number of ether oxygens (including phenoxy) is 4. The molecule has 15 atom stereocenters. The predicted octanol–water partition coefficient (Wildman–Crippen LogP) is 3.35. The fourth-order valence-electron chi connectivity index (χ4n) is 14.9. The summed E-state index contributed by atoms with van der Waals surface area (Å²) in [5.74, 6) is -11.0. The Bertz CT molecular complexity index is 2500. The zero-order chi connectivity index (χ0) is 50.3. The second-order valence-corrected chi connectivity index (χ2v) is 22.6. The second kappa shape index (κ2) is 16.3. The van der Waals surface area contributed by atoms with Crippen LogP contribution in [0.4, 0.5) is 0 Å². The molecule has 0 radical (unpaired) electrons. The lowest BCUT2D eigenvalue weighted by Gasteiger charge is -2.71. The van der Waals surface area contributed by atoms with E-state index in [1.165, 1.54) is 0 Å². The van der Waals surface area contributed by atoms with E-state index in [0.717, 1.165) is 11.6 Å². The van der Waals surface area contributed by atoms with Gasteiger partial charge in [-0.05, 0) is 109 Å². The Balaban J connectivity index is 1.10. The number of cyclic esters (lactones) is 1. The highest BCUT2D eigenvalue weighted by Crippen LogP contribution is 2.76. The molecule has 2 aromatic rings. The van der Waals surface area contributed by atoms with Gasteiger partial charge >= 0.3 is 17.9 Å². The number of benzene rings is 2. The van der Waals surface area contributed by atoms with E-state index in [4.69, 9.17) is 18.9 Å². The Kier molecular flexibility index (Phi) is 11.6. The molecule has 9 rings (SSSR count). The molecule has 1 saturated heterocycles. The van der Waals surface area contributed by atoms with Crippen LogP contribution in [0.25, 0.3) is 11.1 Å². The molecule has 19 heteroatoms. The third-order valence-electron chi connectivity index (χ3n) is 18.8. The molecule has 2 aromatic carbocycles. The summed E-state index contributed by atoms with van der Waals surface area (Å²) in [4.78, 5) is 43.5.